The first-order valence-electron chi connectivity index (χ1n) is 7.19. The van der Waals surface area contributed by atoms with Crippen molar-refractivity contribution in [2.24, 2.45) is 0 Å². The predicted molar refractivity (Wildman–Crippen MR) is 84.0 cm³/mol. The summed E-state index contributed by atoms with van der Waals surface area (Å²) in [6, 6.07) is 5.72. The Morgan fingerprint density at radius 3 is 2.62 bits per heavy atom. The number of nitro groups is 1. The molecular formula is C16H17NO7. The number of hydrogen-bond acceptors (Lipinski definition) is 7. The minimum atomic E-state index is -0.756. The van der Waals surface area contributed by atoms with Gasteiger partial charge in [0.05, 0.1) is 18.0 Å². The number of carbonyl (C=O) groups is 3. The summed E-state index contributed by atoms with van der Waals surface area (Å²) < 4.78 is 9.41. The van der Waals surface area contributed by atoms with Gasteiger partial charge in [0.15, 0.2) is 5.78 Å². The molecule has 24 heavy (non-hydrogen) atoms. The van der Waals surface area contributed by atoms with Crippen LogP contribution < -0.4 is 0 Å². The average Bonchev–Trinajstić information content (AvgIpc) is 2.53. The molecule has 0 fully saturated rings. The van der Waals surface area contributed by atoms with E-state index in [0.29, 0.717) is 5.56 Å². The van der Waals surface area contributed by atoms with Gasteiger partial charge in [0, 0.05) is 12.1 Å². The number of non-ortho nitro benzene ring substituents is 1. The van der Waals surface area contributed by atoms with E-state index in [4.69, 9.17) is 4.74 Å². The minimum absolute atomic E-state index is 0.0721. The molecule has 0 unspecified atom stereocenters. The summed E-state index contributed by atoms with van der Waals surface area (Å²) in [6.07, 6.45) is 1.97. The number of benzene rings is 1. The van der Waals surface area contributed by atoms with Gasteiger partial charge in [-0.25, -0.2) is 0 Å². The topological polar surface area (TPSA) is 113 Å². The first-order valence-corrected chi connectivity index (χ1v) is 7.19. The van der Waals surface area contributed by atoms with E-state index in [1.807, 2.05) is 0 Å². The molecule has 0 aromatic heterocycles. The molecule has 0 aliphatic carbocycles. The monoisotopic (exact) mass is 335 g/mol. The van der Waals surface area contributed by atoms with Crippen molar-refractivity contribution in [3.05, 3.63) is 46.0 Å². The number of hydrogen-bond donors (Lipinski definition) is 0. The van der Waals surface area contributed by atoms with Crippen LogP contribution in [0.5, 0.6) is 0 Å². The molecule has 0 amide bonds. The molecule has 0 bridgehead atoms. The van der Waals surface area contributed by atoms with Crippen LogP contribution >= 0.6 is 0 Å². The molecule has 0 aliphatic heterocycles. The maximum absolute atomic E-state index is 11.6. The minimum Gasteiger partial charge on any atom is -0.466 e. The molecule has 128 valence electrons. The lowest BCUT2D eigenvalue weighted by molar-refractivity contribution is -0.384. The highest BCUT2D eigenvalue weighted by Crippen LogP contribution is 2.14. The van der Waals surface area contributed by atoms with E-state index in [1.165, 1.54) is 24.3 Å². The number of allylic oxidation sites excluding steroid dienone is 1. The second-order valence-corrected chi connectivity index (χ2v) is 4.60. The quantitative estimate of drug-likeness (QED) is 0.223. The summed E-state index contributed by atoms with van der Waals surface area (Å²) in [7, 11) is 0. The Labute approximate surface area is 138 Å². The van der Waals surface area contributed by atoms with Gasteiger partial charge in [0.1, 0.15) is 13.0 Å². The third-order valence-electron chi connectivity index (χ3n) is 2.74. The van der Waals surface area contributed by atoms with Crippen LogP contribution in [-0.2, 0) is 23.9 Å². The maximum atomic E-state index is 11.6. The summed E-state index contributed by atoms with van der Waals surface area (Å²) in [6.45, 7) is 1.75. The predicted octanol–water partition coefficient (Wildman–Crippen LogP) is 2.06. The van der Waals surface area contributed by atoms with Gasteiger partial charge in [-0.3, -0.25) is 24.5 Å². The van der Waals surface area contributed by atoms with Crippen LogP contribution in [-0.4, -0.2) is 35.9 Å². The molecule has 0 heterocycles. The molecule has 0 spiro atoms. The van der Waals surface area contributed by atoms with Gasteiger partial charge >= 0.3 is 11.9 Å². The molecule has 0 radical (unpaired) electrons. The normalized spacial score (nSPS) is 10.4. The number of esters is 2. The van der Waals surface area contributed by atoms with Gasteiger partial charge in [-0.1, -0.05) is 18.2 Å². The largest absolute Gasteiger partial charge is 0.466 e. The molecular weight excluding hydrogens is 318 g/mol. The Kier molecular flexibility index (Phi) is 7.83. The lowest BCUT2D eigenvalue weighted by atomic mass is 10.1. The Morgan fingerprint density at radius 2 is 1.96 bits per heavy atom. The van der Waals surface area contributed by atoms with Gasteiger partial charge in [-0.2, -0.15) is 0 Å². The van der Waals surface area contributed by atoms with E-state index >= 15 is 0 Å². The molecule has 1 rings (SSSR count). The van der Waals surface area contributed by atoms with Crippen LogP contribution in [0.1, 0.15) is 25.3 Å². The van der Waals surface area contributed by atoms with Gasteiger partial charge < -0.3 is 9.47 Å². The van der Waals surface area contributed by atoms with Crippen molar-refractivity contribution in [3.8, 4) is 0 Å². The molecule has 0 atom stereocenters. The number of nitrogens with zero attached hydrogens (tertiary/aromatic N) is 1. The third kappa shape index (κ3) is 7.30. The second kappa shape index (κ2) is 9.88. The molecule has 8 heteroatoms. The van der Waals surface area contributed by atoms with Crippen LogP contribution in [0.25, 0.3) is 6.08 Å². The van der Waals surface area contributed by atoms with Gasteiger partial charge in [0.25, 0.3) is 5.69 Å². The van der Waals surface area contributed by atoms with Crippen LogP contribution in [0.2, 0.25) is 0 Å². The van der Waals surface area contributed by atoms with Crippen LogP contribution in [0.3, 0.4) is 0 Å². The highest BCUT2D eigenvalue weighted by Gasteiger charge is 2.10. The summed E-state index contributed by atoms with van der Waals surface area (Å²) in [5.74, 6) is -1.75. The molecule has 0 saturated carbocycles. The number of nitro benzene ring substituents is 1. The fraction of sp³-hybridized carbons (Fsp3) is 0.312. The van der Waals surface area contributed by atoms with Crippen LogP contribution in [0.15, 0.2) is 30.3 Å². The van der Waals surface area contributed by atoms with Gasteiger partial charge in [-0.05, 0) is 18.6 Å². The molecule has 0 saturated heterocycles. The molecule has 8 nitrogen and oxygen atoms in total. The van der Waals surface area contributed by atoms with Crippen LogP contribution in [0.4, 0.5) is 5.69 Å². The van der Waals surface area contributed by atoms with E-state index in [2.05, 4.69) is 4.74 Å². The lowest BCUT2D eigenvalue weighted by Gasteiger charge is -2.03. The van der Waals surface area contributed by atoms with Gasteiger partial charge in [0.2, 0.25) is 0 Å². The Bertz CT molecular complexity index is 652. The maximum Gasteiger partial charge on any atom is 0.313 e. The van der Waals surface area contributed by atoms with Gasteiger partial charge in [-0.15, -0.1) is 0 Å². The van der Waals surface area contributed by atoms with Crippen molar-refractivity contribution < 1.29 is 28.8 Å². The Hall–Kier alpha value is -3.03. The molecule has 0 N–H and O–H groups in total. The fourth-order valence-electron chi connectivity index (χ4n) is 1.66. The van der Waals surface area contributed by atoms with E-state index < -0.39 is 29.1 Å². The highest BCUT2D eigenvalue weighted by atomic mass is 16.6. The zero-order valence-electron chi connectivity index (χ0n) is 13.1. The zero-order chi connectivity index (χ0) is 17.9. The van der Waals surface area contributed by atoms with E-state index in [1.54, 1.807) is 13.0 Å². The Morgan fingerprint density at radius 1 is 1.21 bits per heavy atom. The zero-order valence-corrected chi connectivity index (χ0v) is 13.1. The number of ketones is 1. The van der Waals surface area contributed by atoms with E-state index in [0.717, 1.165) is 6.08 Å². The lowest BCUT2D eigenvalue weighted by Crippen LogP contribution is -2.14. The SMILES string of the molecule is CCOC(=O)CCOC(=O)CC(=O)C=Cc1cccc([N+](=O)[O-])c1. The molecule has 1 aromatic carbocycles. The number of ether oxygens (including phenoxy) is 2. The van der Waals surface area contributed by atoms with Crippen molar-refractivity contribution in [2.75, 3.05) is 13.2 Å². The van der Waals surface area contributed by atoms with Crippen molar-refractivity contribution in [2.45, 2.75) is 19.8 Å². The summed E-state index contributed by atoms with van der Waals surface area (Å²) in [5.41, 5.74) is 0.371. The summed E-state index contributed by atoms with van der Waals surface area (Å²) >= 11 is 0. The third-order valence-corrected chi connectivity index (χ3v) is 2.74. The number of carbonyl (C=O) groups excluding carboxylic acids is 3. The summed E-state index contributed by atoms with van der Waals surface area (Å²) in [5, 5.41) is 10.6. The summed E-state index contributed by atoms with van der Waals surface area (Å²) in [4.78, 5) is 44.2. The fourth-order valence-corrected chi connectivity index (χ4v) is 1.66. The molecule has 0 aliphatic rings. The van der Waals surface area contributed by atoms with Crippen molar-refractivity contribution in [1.29, 1.82) is 0 Å². The van der Waals surface area contributed by atoms with Crippen molar-refractivity contribution >= 4 is 29.5 Å². The highest BCUT2D eigenvalue weighted by molar-refractivity contribution is 6.04. The first kappa shape index (κ1) is 19.0. The Balaban J connectivity index is 2.42. The standard InChI is InChI=1S/C16H17NO7/c1-2-23-15(19)8-9-24-16(20)11-14(18)7-6-12-4-3-5-13(10-12)17(21)22/h3-7,10H,2,8-9,11H2,1H3. The average molecular weight is 335 g/mol. The second-order valence-electron chi connectivity index (χ2n) is 4.60. The first-order chi connectivity index (χ1) is 11.4. The smallest absolute Gasteiger partial charge is 0.313 e. The van der Waals surface area contributed by atoms with Crippen molar-refractivity contribution in [1.82, 2.24) is 0 Å². The molecule has 1 aromatic rings. The van der Waals surface area contributed by atoms with E-state index in [9.17, 15) is 24.5 Å². The van der Waals surface area contributed by atoms with E-state index in [-0.39, 0.29) is 25.3 Å². The van der Waals surface area contributed by atoms with Crippen LogP contribution in [0, 0.1) is 10.1 Å². The number of rotatable bonds is 9. The van der Waals surface area contributed by atoms with Crippen molar-refractivity contribution in [3.63, 3.8) is 0 Å².